The zero-order chi connectivity index (χ0) is 20.9. The van der Waals surface area contributed by atoms with Gasteiger partial charge in [-0.25, -0.2) is 0 Å². The molecule has 1 aliphatic carbocycles. The number of carbonyl (C=O) groups is 1. The standard InChI is InChI=1S/C25H38N2O2/c1-19(16-20-8-6-5-7-9-20)22-17-23(22)26-18-21-10-13-27(14-11-21)15-12-24(28)29-25(2,3)4/h5-9,16,21-23,26H,10-15,17-18H2,1-4H3/b19-16+/t22-,23+/m0/s1. The molecule has 0 bridgehead atoms. The molecule has 0 spiro atoms. The predicted octanol–water partition coefficient (Wildman–Crippen LogP) is 4.51. The summed E-state index contributed by atoms with van der Waals surface area (Å²) < 4.78 is 5.41. The molecular formula is C25H38N2O2. The van der Waals surface area contributed by atoms with Gasteiger partial charge in [0.1, 0.15) is 5.60 Å². The van der Waals surface area contributed by atoms with E-state index in [0.29, 0.717) is 18.4 Å². The van der Waals surface area contributed by atoms with Gasteiger partial charge in [-0.05, 0) is 84.0 Å². The third-order valence-corrected chi connectivity index (χ3v) is 6.00. The Hall–Kier alpha value is -1.65. The van der Waals surface area contributed by atoms with Crippen LogP contribution < -0.4 is 5.32 Å². The number of hydrogen-bond acceptors (Lipinski definition) is 4. The van der Waals surface area contributed by atoms with Crippen LogP contribution in [0.4, 0.5) is 0 Å². The molecule has 1 saturated carbocycles. The van der Waals surface area contributed by atoms with Crippen LogP contribution in [0.5, 0.6) is 0 Å². The number of carbonyl (C=O) groups excluding carboxylic acids is 1. The van der Waals surface area contributed by atoms with E-state index in [1.54, 1.807) is 0 Å². The Kier molecular flexibility index (Phi) is 7.53. The fourth-order valence-electron chi connectivity index (χ4n) is 4.22. The maximum Gasteiger partial charge on any atom is 0.307 e. The number of ether oxygens (including phenoxy) is 1. The van der Waals surface area contributed by atoms with E-state index in [-0.39, 0.29) is 11.6 Å². The fraction of sp³-hybridized carbons (Fsp3) is 0.640. The third kappa shape index (κ3) is 7.60. The van der Waals surface area contributed by atoms with Crippen molar-refractivity contribution in [2.45, 2.75) is 65.0 Å². The van der Waals surface area contributed by atoms with Crippen LogP contribution in [0.25, 0.3) is 6.08 Å². The van der Waals surface area contributed by atoms with Crippen molar-refractivity contribution in [3.05, 3.63) is 41.5 Å². The summed E-state index contributed by atoms with van der Waals surface area (Å²) in [5, 5.41) is 3.80. The van der Waals surface area contributed by atoms with Crippen molar-refractivity contribution < 1.29 is 9.53 Å². The zero-order valence-electron chi connectivity index (χ0n) is 18.6. The van der Waals surface area contributed by atoms with Gasteiger partial charge in [-0.3, -0.25) is 4.79 Å². The first-order valence-electron chi connectivity index (χ1n) is 11.2. The van der Waals surface area contributed by atoms with E-state index in [9.17, 15) is 4.79 Å². The molecule has 0 amide bonds. The molecule has 2 aliphatic rings. The van der Waals surface area contributed by atoms with Crippen LogP contribution in [0.2, 0.25) is 0 Å². The normalized spacial score (nSPS) is 23.8. The minimum Gasteiger partial charge on any atom is -0.460 e. The van der Waals surface area contributed by atoms with Crippen LogP contribution in [0.3, 0.4) is 0 Å². The molecule has 2 fully saturated rings. The van der Waals surface area contributed by atoms with Crippen molar-refractivity contribution in [1.29, 1.82) is 0 Å². The monoisotopic (exact) mass is 398 g/mol. The summed E-state index contributed by atoms with van der Waals surface area (Å²) in [6.45, 7) is 12.2. The summed E-state index contributed by atoms with van der Waals surface area (Å²) in [4.78, 5) is 14.3. The van der Waals surface area contributed by atoms with Crippen LogP contribution in [-0.4, -0.2) is 48.7 Å². The van der Waals surface area contributed by atoms with Gasteiger partial charge in [-0.2, -0.15) is 0 Å². The van der Waals surface area contributed by atoms with Crippen molar-refractivity contribution in [3.63, 3.8) is 0 Å². The van der Waals surface area contributed by atoms with Gasteiger partial charge in [0.05, 0.1) is 6.42 Å². The van der Waals surface area contributed by atoms with Gasteiger partial charge in [-0.1, -0.05) is 42.0 Å². The second-order valence-electron chi connectivity index (χ2n) is 9.78. The second kappa shape index (κ2) is 9.90. The van der Waals surface area contributed by atoms with Crippen LogP contribution in [-0.2, 0) is 9.53 Å². The largest absolute Gasteiger partial charge is 0.460 e. The number of benzene rings is 1. The molecule has 160 valence electrons. The van der Waals surface area contributed by atoms with Crippen LogP contribution >= 0.6 is 0 Å². The topological polar surface area (TPSA) is 41.6 Å². The van der Waals surface area contributed by atoms with Gasteiger partial charge >= 0.3 is 5.97 Å². The SMILES string of the molecule is C/C(=C\c1ccccc1)[C@@H]1C[C@H]1NCC1CCN(CCC(=O)OC(C)(C)C)CC1. The van der Waals surface area contributed by atoms with Crippen molar-refractivity contribution >= 4 is 12.0 Å². The van der Waals surface area contributed by atoms with E-state index in [0.717, 1.165) is 32.1 Å². The Balaban J connectivity index is 1.30. The average Bonchev–Trinajstić information content (AvgIpc) is 3.45. The van der Waals surface area contributed by atoms with Crippen LogP contribution in [0, 0.1) is 11.8 Å². The van der Waals surface area contributed by atoms with Gasteiger partial charge in [0.25, 0.3) is 0 Å². The Labute approximate surface area is 176 Å². The summed E-state index contributed by atoms with van der Waals surface area (Å²) in [7, 11) is 0. The maximum absolute atomic E-state index is 11.9. The zero-order valence-corrected chi connectivity index (χ0v) is 18.6. The summed E-state index contributed by atoms with van der Waals surface area (Å²) >= 11 is 0. The van der Waals surface area contributed by atoms with Gasteiger partial charge < -0.3 is 15.0 Å². The molecular weight excluding hydrogens is 360 g/mol. The van der Waals surface area contributed by atoms with E-state index in [4.69, 9.17) is 4.74 Å². The number of piperidine rings is 1. The molecule has 1 aromatic rings. The molecule has 1 aliphatic heterocycles. The van der Waals surface area contributed by atoms with Gasteiger partial charge in [0.2, 0.25) is 0 Å². The molecule has 0 radical (unpaired) electrons. The molecule has 4 heteroatoms. The highest BCUT2D eigenvalue weighted by molar-refractivity contribution is 5.70. The Bertz CT molecular complexity index is 685. The molecule has 1 aromatic carbocycles. The lowest BCUT2D eigenvalue weighted by molar-refractivity contribution is -0.155. The lowest BCUT2D eigenvalue weighted by atomic mass is 9.96. The number of rotatable bonds is 8. The van der Waals surface area contributed by atoms with Crippen LogP contribution in [0.15, 0.2) is 35.9 Å². The number of esters is 1. The molecule has 2 atom stereocenters. The number of nitrogens with zero attached hydrogens (tertiary/aromatic N) is 1. The number of nitrogens with one attached hydrogen (secondary N) is 1. The van der Waals surface area contributed by atoms with Crippen molar-refractivity contribution in [3.8, 4) is 0 Å². The molecule has 1 N–H and O–H groups in total. The highest BCUT2D eigenvalue weighted by atomic mass is 16.6. The smallest absolute Gasteiger partial charge is 0.307 e. The lowest BCUT2D eigenvalue weighted by Gasteiger charge is -2.32. The first-order valence-corrected chi connectivity index (χ1v) is 11.2. The predicted molar refractivity (Wildman–Crippen MR) is 120 cm³/mol. The Morgan fingerprint density at radius 1 is 1.21 bits per heavy atom. The van der Waals surface area contributed by atoms with Crippen molar-refractivity contribution in [2.75, 3.05) is 26.2 Å². The van der Waals surface area contributed by atoms with Crippen molar-refractivity contribution in [2.24, 2.45) is 11.8 Å². The van der Waals surface area contributed by atoms with E-state index in [1.165, 1.54) is 30.4 Å². The Morgan fingerprint density at radius 2 is 1.90 bits per heavy atom. The van der Waals surface area contributed by atoms with Gasteiger partial charge in [0, 0.05) is 12.6 Å². The fourth-order valence-corrected chi connectivity index (χ4v) is 4.22. The average molecular weight is 399 g/mol. The van der Waals surface area contributed by atoms with Gasteiger partial charge in [-0.15, -0.1) is 0 Å². The molecule has 4 nitrogen and oxygen atoms in total. The minimum absolute atomic E-state index is 0.0833. The van der Waals surface area contributed by atoms with E-state index in [2.05, 4.69) is 53.5 Å². The highest BCUT2D eigenvalue weighted by Gasteiger charge is 2.38. The minimum atomic E-state index is -0.384. The number of likely N-dealkylation sites (tertiary alicyclic amines) is 1. The highest BCUT2D eigenvalue weighted by Crippen LogP contribution is 2.38. The quantitative estimate of drug-likeness (QED) is 0.654. The molecule has 0 unspecified atom stereocenters. The summed E-state index contributed by atoms with van der Waals surface area (Å²) in [5.74, 6) is 1.37. The van der Waals surface area contributed by atoms with E-state index < -0.39 is 0 Å². The summed E-state index contributed by atoms with van der Waals surface area (Å²) in [6, 6.07) is 11.3. The van der Waals surface area contributed by atoms with Crippen molar-refractivity contribution in [1.82, 2.24) is 10.2 Å². The maximum atomic E-state index is 11.9. The molecule has 29 heavy (non-hydrogen) atoms. The van der Waals surface area contributed by atoms with Crippen LogP contribution in [0.1, 0.15) is 58.9 Å². The first-order chi connectivity index (χ1) is 13.8. The van der Waals surface area contributed by atoms with E-state index in [1.807, 2.05) is 20.8 Å². The van der Waals surface area contributed by atoms with E-state index >= 15 is 0 Å². The number of hydrogen-bond donors (Lipinski definition) is 1. The lowest BCUT2D eigenvalue weighted by Crippen LogP contribution is -2.39. The molecule has 3 rings (SSSR count). The molecule has 0 aromatic heterocycles. The third-order valence-electron chi connectivity index (χ3n) is 6.00. The first kappa shape index (κ1) is 22.0. The molecule has 1 heterocycles. The van der Waals surface area contributed by atoms with Gasteiger partial charge in [0.15, 0.2) is 0 Å². The summed E-state index contributed by atoms with van der Waals surface area (Å²) in [6.07, 6.45) is 6.53. The second-order valence-corrected chi connectivity index (χ2v) is 9.78. The Morgan fingerprint density at radius 3 is 2.55 bits per heavy atom. The summed E-state index contributed by atoms with van der Waals surface area (Å²) in [5.41, 5.74) is 2.41. The molecule has 1 saturated heterocycles.